The summed E-state index contributed by atoms with van der Waals surface area (Å²) in [6.45, 7) is 1.63. The van der Waals surface area contributed by atoms with Crippen molar-refractivity contribution in [3.8, 4) is 0 Å². The lowest BCUT2D eigenvalue weighted by Crippen LogP contribution is -2.21. The van der Waals surface area contributed by atoms with Crippen LogP contribution >= 0.6 is 0 Å². The van der Waals surface area contributed by atoms with E-state index in [4.69, 9.17) is 5.73 Å². The average Bonchev–Trinajstić information content (AvgIpc) is 2.38. The fraction of sp³-hybridized carbons (Fsp3) is 0.429. The Kier molecular flexibility index (Phi) is 6.30. The van der Waals surface area contributed by atoms with Crippen LogP contribution in [0.1, 0.15) is 31.4 Å². The van der Waals surface area contributed by atoms with Crippen LogP contribution in [0.2, 0.25) is 0 Å². The Labute approximate surface area is 117 Å². The Bertz CT molecular complexity index is 459. The minimum Gasteiger partial charge on any atom is -0.390 e. The highest BCUT2D eigenvalue weighted by molar-refractivity contribution is 6.03. The Morgan fingerprint density at radius 3 is 2.35 bits per heavy atom. The fourth-order valence-corrected chi connectivity index (χ4v) is 1.75. The maximum absolute atomic E-state index is 11.4. The van der Waals surface area contributed by atoms with E-state index in [1.54, 1.807) is 24.3 Å². The zero-order valence-corrected chi connectivity index (χ0v) is 11.4. The lowest BCUT2D eigenvalue weighted by molar-refractivity contribution is -0.124. The molecular formula is C14H20N2O4. The van der Waals surface area contributed by atoms with Crippen LogP contribution in [0, 0.1) is 0 Å². The quantitative estimate of drug-likeness (QED) is 0.538. The lowest BCUT2D eigenvalue weighted by Gasteiger charge is -2.17. The summed E-state index contributed by atoms with van der Waals surface area (Å²) >= 11 is 0. The number of ketones is 1. The van der Waals surface area contributed by atoms with Crippen molar-refractivity contribution >= 4 is 17.4 Å². The summed E-state index contributed by atoms with van der Waals surface area (Å²) in [7, 11) is 0. The number of Topliss-reactive ketones (excluding diaryl/α,β-unsaturated/α-hetero) is 1. The number of carbonyl (C=O) groups excluding carboxylic acids is 2. The van der Waals surface area contributed by atoms with Crippen LogP contribution in [0.5, 0.6) is 0 Å². The van der Waals surface area contributed by atoms with E-state index in [9.17, 15) is 19.8 Å². The molecular weight excluding hydrogens is 260 g/mol. The van der Waals surface area contributed by atoms with Crippen LogP contribution in [0.4, 0.5) is 5.69 Å². The number of benzene rings is 1. The Morgan fingerprint density at radius 2 is 1.85 bits per heavy atom. The number of nitrogens with one attached hydrogen (secondary N) is 1. The molecule has 1 aromatic carbocycles. The number of hydrogen-bond acceptors (Lipinski definition) is 5. The first-order valence-electron chi connectivity index (χ1n) is 6.39. The van der Waals surface area contributed by atoms with Gasteiger partial charge in [0.05, 0.1) is 12.5 Å². The van der Waals surface area contributed by atoms with E-state index < -0.39 is 12.2 Å². The highest BCUT2D eigenvalue weighted by atomic mass is 16.3. The first kappa shape index (κ1) is 16.3. The van der Waals surface area contributed by atoms with Gasteiger partial charge in [-0.25, -0.2) is 0 Å². The Balaban J connectivity index is 2.64. The van der Waals surface area contributed by atoms with E-state index in [0.717, 1.165) is 0 Å². The standard InChI is InChI=1S/C14H20N2O4/c1-9(17)8-13(19)16-11-4-2-10(3-5-11)14(20)12(18)6-7-15/h2-5,12,14,18,20H,6-8,15H2,1H3,(H,16,19). The summed E-state index contributed by atoms with van der Waals surface area (Å²) in [5, 5.41) is 22.1. The van der Waals surface area contributed by atoms with Crippen LogP contribution in [-0.2, 0) is 9.59 Å². The van der Waals surface area contributed by atoms with Gasteiger partial charge in [0.1, 0.15) is 11.9 Å². The van der Waals surface area contributed by atoms with Gasteiger partial charge in [0, 0.05) is 5.69 Å². The van der Waals surface area contributed by atoms with Gasteiger partial charge in [0.15, 0.2) is 0 Å². The van der Waals surface area contributed by atoms with Crippen molar-refractivity contribution in [2.75, 3.05) is 11.9 Å². The molecule has 20 heavy (non-hydrogen) atoms. The monoisotopic (exact) mass is 280 g/mol. The van der Waals surface area contributed by atoms with E-state index in [1.807, 2.05) is 0 Å². The SMILES string of the molecule is CC(=O)CC(=O)Nc1ccc(C(O)C(O)CCN)cc1. The Morgan fingerprint density at radius 1 is 1.25 bits per heavy atom. The molecule has 0 aromatic heterocycles. The molecule has 1 amide bonds. The molecule has 2 atom stereocenters. The third-order valence-corrected chi connectivity index (χ3v) is 2.77. The van der Waals surface area contributed by atoms with Crippen molar-refractivity contribution < 1.29 is 19.8 Å². The number of carbonyl (C=O) groups is 2. The summed E-state index contributed by atoms with van der Waals surface area (Å²) in [6.07, 6.45) is -1.80. The average molecular weight is 280 g/mol. The molecule has 6 nitrogen and oxygen atoms in total. The number of anilines is 1. The van der Waals surface area contributed by atoms with Gasteiger partial charge in [-0.15, -0.1) is 0 Å². The van der Waals surface area contributed by atoms with E-state index in [0.29, 0.717) is 17.7 Å². The molecule has 6 heteroatoms. The van der Waals surface area contributed by atoms with Crippen LogP contribution < -0.4 is 11.1 Å². The van der Waals surface area contributed by atoms with Gasteiger partial charge in [0.2, 0.25) is 5.91 Å². The molecule has 1 rings (SSSR count). The number of hydrogen-bond donors (Lipinski definition) is 4. The maximum atomic E-state index is 11.4. The maximum Gasteiger partial charge on any atom is 0.231 e. The Hall–Kier alpha value is -1.76. The topological polar surface area (TPSA) is 113 Å². The molecule has 0 aliphatic carbocycles. The smallest absolute Gasteiger partial charge is 0.231 e. The third kappa shape index (κ3) is 5.08. The third-order valence-electron chi connectivity index (χ3n) is 2.77. The fourth-order valence-electron chi connectivity index (χ4n) is 1.75. The summed E-state index contributed by atoms with van der Waals surface area (Å²) in [4.78, 5) is 22.2. The van der Waals surface area contributed by atoms with Crippen molar-refractivity contribution in [1.29, 1.82) is 0 Å². The van der Waals surface area contributed by atoms with Crippen molar-refractivity contribution in [3.63, 3.8) is 0 Å². The van der Waals surface area contributed by atoms with Gasteiger partial charge >= 0.3 is 0 Å². The molecule has 0 saturated heterocycles. The van der Waals surface area contributed by atoms with Gasteiger partial charge in [-0.2, -0.15) is 0 Å². The molecule has 0 spiro atoms. The van der Waals surface area contributed by atoms with Gasteiger partial charge in [-0.05, 0) is 37.6 Å². The highest BCUT2D eigenvalue weighted by Gasteiger charge is 2.17. The second kappa shape index (κ2) is 7.74. The summed E-state index contributed by atoms with van der Waals surface area (Å²) in [5.41, 5.74) is 6.38. The van der Waals surface area contributed by atoms with Crippen molar-refractivity contribution in [2.24, 2.45) is 5.73 Å². The normalized spacial score (nSPS) is 13.6. The van der Waals surface area contributed by atoms with Gasteiger partial charge in [-0.1, -0.05) is 12.1 Å². The molecule has 2 unspecified atom stereocenters. The van der Waals surface area contributed by atoms with Crippen LogP contribution in [0.3, 0.4) is 0 Å². The molecule has 0 aliphatic rings. The van der Waals surface area contributed by atoms with E-state index in [-0.39, 0.29) is 24.7 Å². The number of rotatable bonds is 7. The van der Waals surface area contributed by atoms with Gasteiger partial charge < -0.3 is 21.3 Å². The summed E-state index contributed by atoms with van der Waals surface area (Å²) in [5.74, 6) is -0.589. The second-order valence-corrected chi connectivity index (χ2v) is 4.64. The molecule has 1 aromatic rings. The van der Waals surface area contributed by atoms with Crippen LogP contribution in [-0.4, -0.2) is 34.6 Å². The predicted octanol–water partition coefficient (Wildman–Crippen LogP) is 0.347. The van der Waals surface area contributed by atoms with E-state index >= 15 is 0 Å². The molecule has 0 bridgehead atoms. The lowest BCUT2D eigenvalue weighted by atomic mass is 10.0. The highest BCUT2D eigenvalue weighted by Crippen LogP contribution is 2.20. The number of aliphatic hydroxyl groups excluding tert-OH is 2. The molecule has 0 fully saturated rings. The predicted molar refractivity (Wildman–Crippen MR) is 75.0 cm³/mol. The molecule has 0 radical (unpaired) electrons. The van der Waals surface area contributed by atoms with Gasteiger partial charge in [-0.3, -0.25) is 9.59 Å². The van der Waals surface area contributed by atoms with Crippen molar-refractivity contribution in [2.45, 2.75) is 32.0 Å². The first-order valence-corrected chi connectivity index (χ1v) is 6.39. The molecule has 0 aliphatic heterocycles. The first-order chi connectivity index (χ1) is 9.43. The largest absolute Gasteiger partial charge is 0.390 e. The van der Waals surface area contributed by atoms with Crippen LogP contribution in [0.15, 0.2) is 24.3 Å². The number of amides is 1. The summed E-state index contributed by atoms with van der Waals surface area (Å²) in [6, 6.07) is 6.42. The summed E-state index contributed by atoms with van der Waals surface area (Å²) < 4.78 is 0. The minimum atomic E-state index is -1.01. The molecule has 110 valence electrons. The number of aliphatic hydroxyl groups is 2. The van der Waals surface area contributed by atoms with Crippen LogP contribution in [0.25, 0.3) is 0 Å². The van der Waals surface area contributed by atoms with Crippen molar-refractivity contribution in [1.82, 2.24) is 0 Å². The van der Waals surface area contributed by atoms with E-state index in [1.165, 1.54) is 6.92 Å². The second-order valence-electron chi connectivity index (χ2n) is 4.64. The van der Waals surface area contributed by atoms with E-state index in [2.05, 4.69) is 5.32 Å². The van der Waals surface area contributed by atoms with Gasteiger partial charge in [0.25, 0.3) is 0 Å². The number of nitrogens with two attached hydrogens (primary N) is 1. The minimum absolute atomic E-state index is 0.167. The molecule has 0 heterocycles. The molecule has 5 N–H and O–H groups in total. The van der Waals surface area contributed by atoms with Crippen molar-refractivity contribution in [3.05, 3.63) is 29.8 Å². The zero-order chi connectivity index (χ0) is 15.1. The molecule has 0 saturated carbocycles. The zero-order valence-electron chi connectivity index (χ0n) is 11.4.